The molecular weight excluding hydrogens is 554 g/mol. The topological polar surface area (TPSA) is 115 Å². The second-order valence-electron chi connectivity index (χ2n) is 13.1. The van der Waals surface area contributed by atoms with Gasteiger partial charge in [0.15, 0.2) is 0 Å². The molecule has 7 heteroatoms. The van der Waals surface area contributed by atoms with Gasteiger partial charge in [0.25, 0.3) is 0 Å². The van der Waals surface area contributed by atoms with Gasteiger partial charge in [-0.05, 0) is 77.0 Å². The van der Waals surface area contributed by atoms with Crippen LogP contribution in [0.4, 0.5) is 0 Å². The Morgan fingerprint density at radius 3 is 1.16 bits per heavy atom. The van der Waals surface area contributed by atoms with Gasteiger partial charge in [-0.15, -0.1) is 0 Å². The lowest BCUT2D eigenvalue weighted by Gasteiger charge is -2.39. The molecule has 0 bridgehead atoms. The molecule has 0 saturated heterocycles. The molecular formula is C37H69NO6. The number of allylic oxidation sites excluding steroid dienone is 2. The number of hydrogen-bond donors (Lipinski definition) is 2. The van der Waals surface area contributed by atoms with E-state index in [0.717, 1.165) is 75.6 Å². The van der Waals surface area contributed by atoms with Gasteiger partial charge in [0, 0.05) is 18.8 Å². The molecule has 0 aromatic heterocycles. The lowest BCUT2D eigenvalue weighted by molar-refractivity contribution is -0.929. The van der Waals surface area contributed by atoms with Crippen molar-refractivity contribution < 1.29 is 34.2 Å². The zero-order valence-electron chi connectivity index (χ0n) is 28.5. The Labute approximate surface area is 270 Å². The zero-order valence-corrected chi connectivity index (χ0v) is 28.5. The molecule has 0 unspecified atom stereocenters. The molecule has 0 aromatic rings. The third-order valence-corrected chi connectivity index (χ3v) is 8.95. The van der Waals surface area contributed by atoms with E-state index >= 15 is 0 Å². The van der Waals surface area contributed by atoms with Crippen LogP contribution in [0.25, 0.3) is 0 Å². The van der Waals surface area contributed by atoms with Gasteiger partial charge in [-0.2, -0.15) is 0 Å². The van der Waals surface area contributed by atoms with Crippen molar-refractivity contribution in [1.29, 1.82) is 0 Å². The Morgan fingerprint density at radius 2 is 0.795 bits per heavy atom. The Balaban J connectivity index is 4.29. The molecule has 0 rings (SSSR count). The van der Waals surface area contributed by atoms with Gasteiger partial charge < -0.3 is 24.6 Å². The van der Waals surface area contributed by atoms with Crippen molar-refractivity contribution in [2.75, 3.05) is 26.2 Å². The largest absolute Gasteiger partial charge is 0.550 e. The number of rotatable bonds is 35. The van der Waals surface area contributed by atoms with E-state index in [0.29, 0.717) is 19.3 Å². The highest BCUT2D eigenvalue weighted by molar-refractivity contribution is 5.66. The molecule has 0 amide bonds. The molecule has 7 nitrogen and oxygen atoms in total. The molecule has 0 saturated carbocycles. The summed E-state index contributed by atoms with van der Waals surface area (Å²) in [6.07, 6.45) is 33.0. The van der Waals surface area contributed by atoms with E-state index < -0.39 is 17.9 Å². The molecule has 0 aromatic carbocycles. The van der Waals surface area contributed by atoms with Crippen LogP contribution in [0.3, 0.4) is 0 Å². The second kappa shape index (κ2) is 31.1. The van der Waals surface area contributed by atoms with Crippen LogP contribution < -0.4 is 5.11 Å². The van der Waals surface area contributed by atoms with Crippen LogP contribution in [0.5, 0.6) is 0 Å². The fourth-order valence-electron chi connectivity index (χ4n) is 6.24. The summed E-state index contributed by atoms with van der Waals surface area (Å²) >= 11 is 0. The minimum Gasteiger partial charge on any atom is -0.550 e. The maximum absolute atomic E-state index is 11.0. The number of nitrogens with zero attached hydrogens (tertiary/aromatic N) is 1. The average Bonchev–Trinajstić information content (AvgIpc) is 2.98. The third-order valence-electron chi connectivity index (χ3n) is 8.95. The monoisotopic (exact) mass is 624 g/mol. The molecule has 258 valence electrons. The van der Waals surface area contributed by atoms with Crippen molar-refractivity contribution in [2.24, 2.45) is 0 Å². The number of hydrogen-bond acceptors (Lipinski definition) is 4. The molecule has 0 aliphatic heterocycles. The van der Waals surface area contributed by atoms with Crippen LogP contribution in [-0.4, -0.2) is 58.8 Å². The van der Waals surface area contributed by atoms with E-state index in [1.807, 2.05) is 0 Å². The maximum Gasteiger partial charge on any atom is 0.303 e. The van der Waals surface area contributed by atoms with Crippen LogP contribution in [-0.2, 0) is 14.4 Å². The maximum atomic E-state index is 11.0. The summed E-state index contributed by atoms with van der Waals surface area (Å²) in [5.41, 5.74) is 0. The summed E-state index contributed by atoms with van der Waals surface area (Å²) in [7, 11) is 0. The van der Waals surface area contributed by atoms with Crippen LogP contribution in [0, 0.1) is 0 Å². The Bertz CT molecular complexity index is 668. The quantitative estimate of drug-likeness (QED) is 0.0414. The molecule has 0 aliphatic carbocycles. The van der Waals surface area contributed by atoms with Gasteiger partial charge in [0.2, 0.25) is 0 Å². The molecule has 0 aliphatic rings. The highest BCUT2D eigenvalue weighted by atomic mass is 16.4. The Hall–Kier alpha value is -1.89. The predicted molar refractivity (Wildman–Crippen MR) is 179 cm³/mol. The summed E-state index contributed by atoms with van der Waals surface area (Å²) < 4.78 is 0.828. The van der Waals surface area contributed by atoms with Gasteiger partial charge in [-0.3, -0.25) is 9.59 Å². The molecule has 2 N–H and O–H groups in total. The van der Waals surface area contributed by atoms with Gasteiger partial charge in [-0.1, -0.05) is 103 Å². The lowest BCUT2D eigenvalue weighted by atomic mass is 10.0. The number of carboxylic acid groups (broad SMARTS) is 3. The first-order valence-corrected chi connectivity index (χ1v) is 18.4. The third kappa shape index (κ3) is 30.1. The number of carbonyl (C=O) groups is 3. The van der Waals surface area contributed by atoms with Gasteiger partial charge in [0.1, 0.15) is 0 Å². The molecule has 0 radical (unpaired) electrons. The highest BCUT2D eigenvalue weighted by Gasteiger charge is 2.26. The fraction of sp³-hybridized carbons (Fsp3) is 0.865. The van der Waals surface area contributed by atoms with Crippen molar-refractivity contribution >= 4 is 17.9 Å². The molecule has 44 heavy (non-hydrogen) atoms. The summed E-state index contributed by atoms with van der Waals surface area (Å²) in [5.74, 6) is -2.58. The molecule has 0 spiro atoms. The van der Waals surface area contributed by atoms with Crippen molar-refractivity contribution in [2.45, 2.75) is 180 Å². The van der Waals surface area contributed by atoms with Crippen LogP contribution in [0.1, 0.15) is 180 Å². The van der Waals surface area contributed by atoms with E-state index in [2.05, 4.69) is 19.1 Å². The van der Waals surface area contributed by atoms with E-state index in [9.17, 15) is 19.5 Å². The van der Waals surface area contributed by atoms with E-state index in [1.165, 1.54) is 89.9 Å². The minimum absolute atomic E-state index is 0.0577. The first-order chi connectivity index (χ1) is 21.3. The normalized spacial score (nSPS) is 11.8. The SMILES string of the molecule is CCCCCCCCCCCCCCCC/C=C/CCCC[N+](CCCCC(=O)[O-])(CCCCC(=O)O)CCCCC(=O)O. The highest BCUT2D eigenvalue weighted by Crippen LogP contribution is 2.19. The van der Waals surface area contributed by atoms with Crippen molar-refractivity contribution in [3.05, 3.63) is 12.2 Å². The summed E-state index contributed by atoms with van der Waals surface area (Å²) in [4.78, 5) is 32.9. The van der Waals surface area contributed by atoms with E-state index in [-0.39, 0.29) is 19.3 Å². The Morgan fingerprint density at radius 1 is 0.477 bits per heavy atom. The number of quaternary nitrogens is 1. The average molecular weight is 624 g/mol. The smallest absolute Gasteiger partial charge is 0.303 e. The summed E-state index contributed by atoms with van der Waals surface area (Å²) in [6.45, 7) is 5.82. The summed E-state index contributed by atoms with van der Waals surface area (Å²) in [5, 5.41) is 29.0. The second-order valence-corrected chi connectivity index (χ2v) is 13.1. The fourth-order valence-corrected chi connectivity index (χ4v) is 6.24. The number of carbonyl (C=O) groups excluding carboxylic acids is 1. The van der Waals surface area contributed by atoms with Crippen molar-refractivity contribution in [1.82, 2.24) is 0 Å². The Kier molecular flexibility index (Phi) is 29.8. The predicted octanol–water partition coefficient (Wildman–Crippen LogP) is 8.83. The molecule has 0 fully saturated rings. The number of aliphatic carboxylic acids is 3. The number of carboxylic acids is 3. The van der Waals surface area contributed by atoms with Gasteiger partial charge >= 0.3 is 11.9 Å². The van der Waals surface area contributed by atoms with Gasteiger partial charge in [0.05, 0.1) is 26.2 Å². The minimum atomic E-state index is -1.02. The summed E-state index contributed by atoms with van der Waals surface area (Å²) in [6, 6.07) is 0. The first-order valence-electron chi connectivity index (χ1n) is 18.4. The first kappa shape index (κ1) is 42.1. The van der Waals surface area contributed by atoms with E-state index in [1.54, 1.807) is 0 Å². The van der Waals surface area contributed by atoms with E-state index in [4.69, 9.17) is 10.2 Å². The van der Waals surface area contributed by atoms with Gasteiger partial charge in [-0.25, -0.2) is 0 Å². The van der Waals surface area contributed by atoms with Crippen LogP contribution in [0.2, 0.25) is 0 Å². The zero-order chi connectivity index (χ0) is 32.6. The van der Waals surface area contributed by atoms with Crippen molar-refractivity contribution in [3.63, 3.8) is 0 Å². The standard InChI is InChI=1S/C37H69NO6/c1-2-3-4-5-6-7-8-9-10-11-12-13-14-15-16-17-18-19-20-24-31-38(32-25-21-28-35(39)40,33-26-22-29-36(41)42)34-27-23-30-37(43)44/h17-18H,2-16,19-34H2,1H3,(H2-,39,40,41,42,43,44)/b18-17+. The number of unbranched alkanes of at least 4 members (excludes halogenated alkanes) is 19. The van der Waals surface area contributed by atoms with Crippen molar-refractivity contribution in [3.8, 4) is 0 Å². The molecule has 0 heterocycles. The van der Waals surface area contributed by atoms with Crippen LogP contribution in [0.15, 0.2) is 12.2 Å². The molecule has 0 atom stereocenters. The lowest BCUT2D eigenvalue weighted by Crippen LogP contribution is -2.51. The van der Waals surface area contributed by atoms with Crippen LogP contribution >= 0.6 is 0 Å².